The summed E-state index contributed by atoms with van der Waals surface area (Å²) in [5, 5.41) is 8.82. The number of aromatic amines is 1. The molecule has 4 aromatic carbocycles. The Morgan fingerprint density at radius 3 is 2.22 bits per heavy atom. The Kier molecular flexibility index (Phi) is 8.78. The standard InChI is InChI=1S/C36H32N4O6/c1-45-35(43)32(18-22-19-37-30-16-8-6-10-23(22)30)40-34(42)28-15-7-9-17-31(28)39-33(41)20-38-36(44)46-21-29-26-13-4-2-11-24(26)25-12-3-5-14-27(25)29/h2-17,19,29,32,37H,18,20-21H2,1H3,(H,38,44)(H,39,41)(H,40,42)/t32-/m1/s1. The number of hydrogen-bond acceptors (Lipinski definition) is 6. The number of fused-ring (bicyclic) bond motifs is 4. The highest BCUT2D eigenvalue weighted by molar-refractivity contribution is 6.05. The van der Waals surface area contributed by atoms with E-state index >= 15 is 0 Å². The second kappa shape index (κ2) is 13.4. The number of rotatable bonds is 10. The topological polar surface area (TPSA) is 139 Å². The van der Waals surface area contributed by atoms with Crippen molar-refractivity contribution in [3.63, 3.8) is 0 Å². The first-order valence-electron chi connectivity index (χ1n) is 14.8. The number of carbonyl (C=O) groups excluding carboxylic acids is 4. The summed E-state index contributed by atoms with van der Waals surface area (Å²) in [5.41, 5.74) is 6.51. The van der Waals surface area contributed by atoms with Crippen LogP contribution in [0.3, 0.4) is 0 Å². The summed E-state index contributed by atoms with van der Waals surface area (Å²) in [6.07, 6.45) is 1.26. The molecule has 0 spiro atoms. The summed E-state index contributed by atoms with van der Waals surface area (Å²) < 4.78 is 10.5. The normalized spacial score (nSPS) is 12.5. The molecule has 0 radical (unpaired) electrons. The molecule has 1 aliphatic rings. The second-order valence-corrected chi connectivity index (χ2v) is 10.9. The largest absolute Gasteiger partial charge is 0.467 e. The maximum atomic E-state index is 13.4. The lowest BCUT2D eigenvalue weighted by Gasteiger charge is -2.18. The lowest BCUT2D eigenvalue weighted by atomic mass is 9.98. The Balaban J connectivity index is 1.05. The van der Waals surface area contributed by atoms with Crippen LogP contribution < -0.4 is 16.0 Å². The van der Waals surface area contributed by atoms with E-state index < -0.39 is 29.9 Å². The number of carbonyl (C=O) groups is 4. The first kappa shape index (κ1) is 30.1. The van der Waals surface area contributed by atoms with E-state index in [9.17, 15) is 19.2 Å². The van der Waals surface area contributed by atoms with E-state index in [0.717, 1.165) is 38.7 Å². The third-order valence-corrected chi connectivity index (χ3v) is 8.07. The van der Waals surface area contributed by atoms with E-state index in [0.29, 0.717) is 0 Å². The third kappa shape index (κ3) is 6.32. The monoisotopic (exact) mass is 616 g/mol. The zero-order valence-electron chi connectivity index (χ0n) is 25.0. The maximum Gasteiger partial charge on any atom is 0.407 e. The number of anilines is 1. The van der Waals surface area contributed by atoms with Crippen LogP contribution in [0.2, 0.25) is 0 Å². The minimum atomic E-state index is -0.976. The molecule has 1 atom stereocenters. The van der Waals surface area contributed by atoms with Crippen molar-refractivity contribution in [2.45, 2.75) is 18.4 Å². The maximum absolute atomic E-state index is 13.4. The minimum absolute atomic E-state index is 0.109. The number of hydrogen-bond donors (Lipinski definition) is 4. The van der Waals surface area contributed by atoms with E-state index in [2.05, 4.69) is 33.1 Å². The van der Waals surface area contributed by atoms with Crippen LogP contribution >= 0.6 is 0 Å². The van der Waals surface area contributed by atoms with Gasteiger partial charge in [0.05, 0.1) is 18.4 Å². The average Bonchev–Trinajstić information content (AvgIpc) is 3.64. The van der Waals surface area contributed by atoms with Gasteiger partial charge in [0.15, 0.2) is 0 Å². The molecule has 0 bridgehead atoms. The van der Waals surface area contributed by atoms with Crippen LogP contribution in [0.15, 0.2) is 103 Å². The van der Waals surface area contributed by atoms with Crippen molar-refractivity contribution in [3.8, 4) is 11.1 Å². The van der Waals surface area contributed by atoms with Gasteiger partial charge in [0, 0.05) is 29.4 Å². The van der Waals surface area contributed by atoms with Gasteiger partial charge in [0.1, 0.15) is 19.2 Å². The smallest absolute Gasteiger partial charge is 0.407 e. The van der Waals surface area contributed by atoms with Crippen LogP contribution in [0.25, 0.3) is 22.0 Å². The van der Waals surface area contributed by atoms with Gasteiger partial charge >= 0.3 is 12.1 Å². The molecule has 0 unspecified atom stereocenters. The summed E-state index contributed by atoms with van der Waals surface area (Å²) in [5.74, 6) is -1.85. The lowest BCUT2D eigenvalue weighted by Crippen LogP contribution is -2.43. The molecule has 1 heterocycles. The van der Waals surface area contributed by atoms with Crippen LogP contribution in [0.5, 0.6) is 0 Å². The number of para-hydroxylation sites is 2. The van der Waals surface area contributed by atoms with E-state index in [1.807, 2.05) is 60.7 Å². The average molecular weight is 617 g/mol. The molecule has 4 N–H and O–H groups in total. The minimum Gasteiger partial charge on any atom is -0.467 e. The van der Waals surface area contributed by atoms with Crippen molar-refractivity contribution in [1.29, 1.82) is 0 Å². The van der Waals surface area contributed by atoms with Gasteiger partial charge in [-0.3, -0.25) is 9.59 Å². The second-order valence-electron chi connectivity index (χ2n) is 10.9. The molecule has 1 aliphatic carbocycles. The van der Waals surface area contributed by atoms with Crippen molar-refractivity contribution in [1.82, 2.24) is 15.6 Å². The van der Waals surface area contributed by atoms with Crippen molar-refractivity contribution in [3.05, 3.63) is 126 Å². The fourth-order valence-corrected chi connectivity index (χ4v) is 5.88. The SMILES string of the molecule is COC(=O)[C@@H](Cc1c[nH]c2ccccc12)NC(=O)c1ccccc1NC(=O)CNC(=O)OCC1c2ccccc2-c2ccccc21. The Morgan fingerprint density at radius 1 is 0.826 bits per heavy atom. The number of methoxy groups -OCH3 is 1. The van der Waals surface area contributed by atoms with Crippen LogP contribution in [0.4, 0.5) is 10.5 Å². The Bertz CT molecular complexity index is 1890. The molecular weight excluding hydrogens is 584 g/mol. The summed E-state index contributed by atoms with van der Waals surface area (Å²) in [4.78, 5) is 54.5. The molecule has 10 nitrogen and oxygen atoms in total. The number of benzene rings is 4. The predicted molar refractivity (Wildman–Crippen MR) is 173 cm³/mol. The van der Waals surface area contributed by atoms with E-state index in [1.165, 1.54) is 13.2 Å². The van der Waals surface area contributed by atoms with Crippen LogP contribution in [-0.4, -0.2) is 55.2 Å². The number of esters is 1. The fourth-order valence-electron chi connectivity index (χ4n) is 5.88. The van der Waals surface area contributed by atoms with Gasteiger partial charge in [-0.1, -0.05) is 78.9 Å². The van der Waals surface area contributed by atoms with Crippen LogP contribution in [-0.2, 0) is 25.5 Å². The van der Waals surface area contributed by atoms with Gasteiger partial charge < -0.3 is 30.4 Å². The van der Waals surface area contributed by atoms with Crippen LogP contribution in [0, 0.1) is 0 Å². The highest BCUT2D eigenvalue weighted by atomic mass is 16.5. The quantitative estimate of drug-likeness (QED) is 0.160. The third-order valence-electron chi connectivity index (χ3n) is 8.07. The fraction of sp³-hybridized carbons (Fsp3) is 0.167. The number of H-pyrrole nitrogens is 1. The van der Waals surface area contributed by atoms with Crippen molar-refractivity contribution < 1.29 is 28.7 Å². The number of aromatic nitrogens is 1. The van der Waals surface area contributed by atoms with Crippen molar-refractivity contribution >= 4 is 40.5 Å². The molecule has 46 heavy (non-hydrogen) atoms. The summed E-state index contributed by atoms with van der Waals surface area (Å²) in [6.45, 7) is -0.262. The number of alkyl carbamates (subject to hydrolysis) is 1. The summed E-state index contributed by atoms with van der Waals surface area (Å²) >= 11 is 0. The predicted octanol–water partition coefficient (Wildman–Crippen LogP) is 5.16. The summed E-state index contributed by atoms with van der Waals surface area (Å²) in [7, 11) is 1.26. The van der Waals surface area contributed by atoms with Gasteiger partial charge in [0.25, 0.3) is 5.91 Å². The van der Waals surface area contributed by atoms with Crippen molar-refractivity contribution in [2.24, 2.45) is 0 Å². The zero-order chi connectivity index (χ0) is 32.0. The van der Waals surface area contributed by atoms with Gasteiger partial charge in [-0.25, -0.2) is 9.59 Å². The molecule has 1 aromatic heterocycles. The lowest BCUT2D eigenvalue weighted by molar-refractivity contribution is -0.142. The van der Waals surface area contributed by atoms with Gasteiger partial charge in [-0.15, -0.1) is 0 Å². The van der Waals surface area contributed by atoms with Crippen molar-refractivity contribution in [2.75, 3.05) is 25.6 Å². The number of nitrogens with one attached hydrogen (secondary N) is 4. The van der Waals surface area contributed by atoms with Gasteiger partial charge in [-0.2, -0.15) is 0 Å². The molecule has 0 fully saturated rings. The van der Waals surface area contributed by atoms with Gasteiger partial charge in [0.2, 0.25) is 5.91 Å². The molecule has 5 aromatic rings. The molecule has 0 aliphatic heterocycles. The first-order chi connectivity index (χ1) is 22.4. The zero-order valence-corrected chi connectivity index (χ0v) is 25.0. The molecule has 232 valence electrons. The summed E-state index contributed by atoms with van der Waals surface area (Å²) in [6, 6.07) is 29.1. The van der Waals surface area contributed by atoms with E-state index in [-0.39, 0.29) is 36.7 Å². The molecule has 6 rings (SSSR count). The highest BCUT2D eigenvalue weighted by Gasteiger charge is 2.29. The van der Waals surface area contributed by atoms with E-state index in [4.69, 9.17) is 9.47 Å². The number of ether oxygens (including phenoxy) is 2. The molecule has 3 amide bonds. The first-order valence-corrected chi connectivity index (χ1v) is 14.8. The molecule has 0 saturated carbocycles. The highest BCUT2D eigenvalue weighted by Crippen LogP contribution is 2.44. The molecule has 10 heteroatoms. The Morgan fingerprint density at radius 2 is 1.48 bits per heavy atom. The van der Waals surface area contributed by atoms with Crippen LogP contribution in [0.1, 0.15) is 33.0 Å². The van der Waals surface area contributed by atoms with Gasteiger partial charge in [-0.05, 0) is 46.0 Å². The number of amides is 3. The Labute approximate surface area is 265 Å². The Hall–Kier alpha value is -5.90. The molecule has 0 saturated heterocycles. The van der Waals surface area contributed by atoms with E-state index in [1.54, 1.807) is 24.4 Å². The molecular formula is C36H32N4O6.